The van der Waals surface area contributed by atoms with E-state index in [4.69, 9.17) is 5.73 Å². The van der Waals surface area contributed by atoms with E-state index in [-0.39, 0.29) is 0 Å². The highest BCUT2D eigenvalue weighted by Crippen LogP contribution is 2.10. The van der Waals surface area contributed by atoms with E-state index in [9.17, 15) is 0 Å². The van der Waals surface area contributed by atoms with Gasteiger partial charge in [-0.05, 0) is 50.2 Å². The van der Waals surface area contributed by atoms with Crippen LogP contribution in [-0.2, 0) is 0 Å². The van der Waals surface area contributed by atoms with E-state index < -0.39 is 0 Å². The predicted molar refractivity (Wildman–Crippen MR) is 78.2 cm³/mol. The molecule has 17 heavy (non-hydrogen) atoms. The van der Waals surface area contributed by atoms with Crippen LogP contribution in [0.5, 0.6) is 0 Å². The molecule has 0 spiro atoms. The zero-order chi connectivity index (χ0) is 13.3. The monoisotopic (exact) mass is 242 g/mol. The minimum Gasteiger partial charge on any atom is -0.330 e. The van der Waals surface area contributed by atoms with E-state index in [0.717, 1.165) is 18.4 Å². The molecule has 2 N–H and O–H groups in total. The summed E-state index contributed by atoms with van der Waals surface area (Å²) in [5, 5.41) is 0. The smallest absolute Gasteiger partial charge is 0.00216 e. The molecule has 0 amide bonds. The molecule has 0 radical (unpaired) electrons. The first-order chi connectivity index (χ1) is 7.99. The molecule has 2 nitrogen and oxygen atoms in total. The van der Waals surface area contributed by atoms with E-state index in [1.54, 1.807) is 0 Å². The fraction of sp³-hybridized carbons (Fsp3) is 1.00. The molecule has 0 fully saturated rings. The SMILES string of the molecule is CCC(CN)CN(CCC(C)C)CCC(C)C. The Bertz CT molecular complexity index is 150. The van der Waals surface area contributed by atoms with Gasteiger partial charge in [0.15, 0.2) is 0 Å². The largest absolute Gasteiger partial charge is 0.330 e. The average Bonchev–Trinajstić information content (AvgIpc) is 2.27. The molecule has 1 unspecified atom stereocenters. The molecule has 0 aliphatic heterocycles. The molecule has 1 atom stereocenters. The quantitative estimate of drug-likeness (QED) is 0.636. The Morgan fingerprint density at radius 2 is 1.41 bits per heavy atom. The summed E-state index contributed by atoms with van der Waals surface area (Å²) >= 11 is 0. The van der Waals surface area contributed by atoms with Crippen LogP contribution >= 0.6 is 0 Å². The van der Waals surface area contributed by atoms with Gasteiger partial charge < -0.3 is 10.6 Å². The standard InChI is InChI=1S/C15H34N2/c1-6-15(11-16)12-17(9-7-13(2)3)10-8-14(4)5/h13-15H,6-12,16H2,1-5H3. The van der Waals surface area contributed by atoms with Crippen LogP contribution in [-0.4, -0.2) is 31.1 Å². The molecule has 0 saturated carbocycles. The van der Waals surface area contributed by atoms with Crippen molar-refractivity contribution in [3.63, 3.8) is 0 Å². The van der Waals surface area contributed by atoms with Gasteiger partial charge in [0.1, 0.15) is 0 Å². The lowest BCUT2D eigenvalue weighted by Crippen LogP contribution is -2.35. The molecular weight excluding hydrogens is 208 g/mol. The molecule has 0 aromatic rings. The van der Waals surface area contributed by atoms with Crippen LogP contribution in [0.3, 0.4) is 0 Å². The lowest BCUT2D eigenvalue weighted by Gasteiger charge is -2.27. The lowest BCUT2D eigenvalue weighted by molar-refractivity contribution is 0.208. The summed E-state index contributed by atoms with van der Waals surface area (Å²) in [5.74, 6) is 2.28. The molecular formula is C15H34N2. The highest BCUT2D eigenvalue weighted by molar-refractivity contribution is 4.67. The molecule has 104 valence electrons. The van der Waals surface area contributed by atoms with Crippen LogP contribution in [0.15, 0.2) is 0 Å². The second-order valence-corrected chi connectivity index (χ2v) is 6.18. The Kier molecular flexibility index (Phi) is 9.85. The Morgan fingerprint density at radius 1 is 0.941 bits per heavy atom. The Morgan fingerprint density at radius 3 is 1.71 bits per heavy atom. The van der Waals surface area contributed by atoms with Crippen molar-refractivity contribution in [2.75, 3.05) is 26.2 Å². The molecule has 0 aliphatic rings. The van der Waals surface area contributed by atoms with Gasteiger partial charge in [0.25, 0.3) is 0 Å². The van der Waals surface area contributed by atoms with Gasteiger partial charge in [-0.3, -0.25) is 0 Å². The van der Waals surface area contributed by atoms with Gasteiger partial charge >= 0.3 is 0 Å². The molecule has 0 saturated heterocycles. The van der Waals surface area contributed by atoms with Crippen molar-refractivity contribution in [1.82, 2.24) is 4.90 Å². The van der Waals surface area contributed by atoms with Gasteiger partial charge in [0.05, 0.1) is 0 Å². The van der Waals surface area contributed by atoms with E-state index in [1.807, 2.05) is 0 Å². The highest BCUT2D eigenvalue weighted by Gasteiger charge is 2.12. The van der Waals surface area contributed by atoms with Gasteiger partial charge in [-0.1, -0.05) is 41.0 Å². The maximum absolute atomic E-state index is 5.82. The number of rotatable bonds is 10. The van der Waals surface area contributed by atoms with Crippen LogP contribution < -0.4 is 5.73 Å². The van der Waals surface area contributed by atoms with Crippen molar-refractivity contribution in [2.24, 2.45) is 23.5 Å². The third-order valence-corrected chi connectivity index (χ3v) is 3.47. The number of nitrogens with zero attached hydrogens (tertiary/aromatic N) is 1. The number of hydrogen-bond donors (Lipinski definition) is 1. The minimum atomic E-state index is 0.675. The van der Waals surface area contributed by atoms with Crippen molar-refractivity contribution in [3.8, 4) is 0 Å². The Balaban J connectivity index is 4.08. The third-order valence-electron chi connectivity index (χ3n) is 3.47. The second kappa shape index (κ2) is 9.90. The first-order valence-electron chi connectivity index (χ1n) is 7.41. The van der Waals surface area contributed by atoms with Crippen LogP contribution in [0, 0.1) is 17.8 Å². The summed E-state index contributed by atoms with van der Waals surface area (Å²) in [6, 6.07) is 0. The Hall–Kier alpha value is -0.0800. The predicted octanol–water partition coefficient (Wildman–Crippen LogP) is 3.37. The summed E-state index contributed by atoms with van der Waals surface area (Å²) in [5.41, 5.74) is 5.82. The van der Waals surface area contributed by atoms with Crippen molar-refractivity contribution in [2.45, 2.75) is 53.9 Å². The van der Waals surface area contributed by atoms with E-state index in [1.165, 1.54) is 38.9 Å². The molecule has 0 rings (SSSR count). The maximum Gasteiger partial charge on any atom is 0.00216 e. The first-order valence-corrected chi connectivity index (χ1v) is 7.41. The number of hydrogen-bond acceptors (Lipinski definition) is 2. The van der Waals surface area contributed by atoms with Gasteiger partial charge in [-0.2, -0.15) is 0 Å². The molecule has 2 heteroatoms. The summed E-state index contributed by atoms with van der Waals surface area (Å²) in [4.78, 5) is 2.63. The van der Waals surface area contributed by atoms with Gasteiger partial charge in [-0.15, -0.1) is 0 Å². The van der Waals surface area contributed by atoms with Gasteiger partial charge in [0.2, 0.25) is 0 Å². The van der Waals surface area contributed by atoms with Gasteiger partial charge in [-0.25, -0.2) is 0 Å². The normalized spacial score (nSPS) is 13.9. The van der Waals surface area contributed by atoms with Crippen molar-refractivity contribution in [1.29, 1.82) is 0 Å². The third kappa shape index (κ3) is 9.61. The maximum atomic E-state index is 5.82. The highest BCUT2D eigenvalue weighted by atomic mass is 15.1. The van der Waals surface area contributed by atoms with Crippen LogP contribution in [0.4, 0.5) is 0 Å². The van der Waals surface area contributed by atoms with Gasteiger partial charge in [0, 0.05) is 6.54 Å². The fourth-order valence-corrected chi connectivity index (χ4v) is 1.91. The first kappa shape index (κ1) is 16.9. The van der Waals surface area contributed by atoms with Crippen LogP contribution in [0.25, 0.3) is 0 Å². The summed E-state index contributed by atoms with van der Waals surface area (Å²) in [6.45, 7) is 16.0. The topological polar surface area (TPSA) is 29.3 Å². The second-order valence-electron chi connectivity index (χ2n) is 6.18. The van der Waals surface area contributed by atoms with Crippen molar-refractivity contribution >= 4 is 0 Å². The average molecular weight is 242 g/mol. The molecule has 0 bridgehead atoms. The molecule has 0 aromatic carbocycles. The zero-order valence-corrected chi connectivity index (χ0v) is 12.7. The summed E-state index contributed by atoms with van der Waals surface area (Å²) < 4.78 is 0. The zero-order valence-electron chi connectivity index (χ0n) is 12.7. The summed E-state index contributed by atoms with van der Waals surface area (Å²) in [6.07, 6.45) is 3.81. The summed E-state index contributed by atoms with van der Waals surface area (Å²) in [7, 11) is 0. The Labute approximate surface area is 109 Å². The molecule has 0 aromatic heterocycles. The number of nitrogens with two attached hydrogens (primary N) is 1. The molecule has 0 aliphatic carbocycles. The van der Waals surface area contributed by atoms with E-state index in [0.29, 0.717) is 5.92 Å². The lowest BCUT2D eigenvalue weighted by atomic mass is 10.0. The molecule has 0 heterocycles. The van der Waals surface area contributed by atoms with E-state index >= 15 is 0 Å². The van der Waals surface area contributed by atoms with Crippen LogP contribution in [0.2, 0.25) is 0 Å². The van der Waals surface area contributed by atoms with Crippen molar-refractivity contribution in [3.05, 3.63) is 0 Å². The van der Waals surface area contributed by atoms with E-state index in [2.05, 4.69) is 39.5 Å². The van der Waals surface area contributed by atoms with Crippen molar-refractivity contribution < 1.29 is 0 Å². The fourth-order valence-electron chi connectivity index (χ4n) is 1.91. The van der Waals surface area contributed by atoms with Crippen LogP contribution in [0.1, 0.15) is 53.9 Å². The minimum absolute atomic E-state index is 0.675.